The highest BCUT2D eigenvalue weighted by atomic mass is 32.1. The number of aromatic amines is 3. The van der Waals surface area contributed by atoms with Crippen LogP contribution in [-0.4, -0.2) is 181 Å². The predicted octanol–water partition coefficient (Wildman–Crippen LogP) is -2.54. The molecule has 3 fully saturated rings. The van der Waals surface area contributed by atoms with Crippen LogP contribution in [0.25, 0.3) is 31.0 Å². The number of anilines is 3. The molecule has 0 saturated carbocycles. The Morgan fingerprint density at radius 2 is 1.06 bits per heavy atom. The number of allylic oxidation sites excluding steroid dienone is 1. The van der Waals surface area contributed by atoms with E-state index in [4.69, 9.17) is 74.6 Å². The number of aromatic nitrogens is 9. The Kier molecular flexibility index (Phi) is 23.7. The Balaban J connectivity index is 0.000000227. The van der Waals surface area contributed by atoms with Crippen molar-refractivity contribution in [3.05, 3.63) is 72.4 Å². The van der Waals surface area contributed by atoms with Crippen LogP contribution in [0.4, 0.5) is 17.8 Å². The molecular weight excluding hydrogens is 1320 g/mol. The topological polar surface area (TPSA) is 572 Å². The van der Waals surface area contributed by atoms with Gasteiger partial charge in [0.2, 0.25) is 23.4 Å². The second-order valence-electron chi connectivity index (χ2n) is 20.3. The quantitative estimate of drug-likeness (QED) is 0.0107. The van der Waals surface area contributed by atoms with Crippen LogP contribution in [0.1, 0.15) is 88.4 Å². The fraction of sp³-hybridized carbons (Fsp3) is 0.529. The van der Waals surface area contributed by atoms with E-state index >= 15 is 0 Å². The number of fused-ring (bicyclic) bond motifs is 3. The minimum atomic E-state index is -1.89. The molecule has 94 heavy (non-hydrogen) atoms. The molecule has 6 aromatic rings. The lowest BCUT2D eigenvalue weighted by Crippen LogP contribution is -2.57. The Labute approximate surface area is 536 Å². The van der Waals surface area contributed by atoms with Gasteiger partial charge in [0, 0.05) is 54.4 Å². The second kappa shape index (κ2) is 30.2. The third kappa shape index (κ3) is 16.0. The Hall–Kier alpha value is -9.34. The van der Waals surface area contributed by atoms with E-state index in [1.54, 1.807) is 6.92 Å². The number of nitrogens with zero attached hydrogens (tertiary/aromatic N) is 6. The van der Waals surface area contributed by atoms with Crippen molar-refractivity contribution >= 4 is 125 Å². The third-order valence-corrected chi connectivity index (χ3v) is 16.1. The van der Waals surface area contributed by atoms with E-state index < -0.39 is 178 Å². The number of aliphatic hydroxyl groups is 3. The van der Waals surface area contributed by atoms with E-state index in [1.807, 2.05) is 0 Å². The molecule has 0 amide bonds. The third-order valence-electron chi connectivity index (χ3n) is 13.3. The summed E-state index contributed by atoms with van der Waals surface area (Å²) in [6.45, 7) is 12.8. The molecule has 12 N–H and O–H groups in total. The number of hydrogen-bond donors (Lipinski definition) is 9. The minimum Gasteiger partial charge on any atom is -0.494 e. The smallest absolute Gasteiger partial charge is 0.339 e. The van der Waals surface area contributed by atoms with Gasteiger partial charge in [-0.3, -0.25) is 91.1 Å². The molecule has 514 valence electrons. The van der Waals surface area contributed by atoms with Crippen LogP contribution in [-0.2, 0) is 90.7 Å². The maximum Gasteiger partial charge on any atom is 0.339 e. The van der Waals surface area contributed by atoms with E-state index in [1.165, 1.54) is 6.92 Å². The normalized spacial score (nSPS) is 24.3. The first-order valence-electron chi connectivity index (χ1n) is 26.9. The van der Waals surface area contributed by atoms with E-state index in [0.717, 1.165) is 62.2 Å². The highest BCUT2D eigenvalue weighted by Gasteiger charge is 2.64. The number of nitrogen functional groups attached to an aromatic ring is 3. The molecule has 3 aliphatic heterocycles. The summed E-state index contributed by atoms with van der Waals surface area (Å²) >= 11 is 1.75. The number of nitrogens with two attached hydrogens (primary N) is 3. The van der Waals surface area contributed by atoms with Crippen molar-refractivity contribution in [2.45, 2.75) is 149 Å². The maximum absolute atomic E-state index is 13.0. The Bertz CT molecular complexity index is 4260. The fourth-order valence-corrected chi connectivity index (χ4v) is 12.3. The number of thiazole rings is 3. The van der Waals surface area contributed by atoms with E-state index in [2.05, 4.69) is 41.4 Å². The van der Waals surface area contributed by atoms with Gasteiger partial charge in [-0.1, -0.05) is 54.9 Å². The van der Waals surface area contributed by atoms with Gasteiger partial charge in [0.05, 0.1) is 18.5 Å². The number of carbonyl (C=O) groups excluding carboxylic acids is 7. The highest BCUT2D eigenvalue weighted by molar-refractivity contribution is 7.17. The SMILES string of the molecule is C.C=C(C)OC[C@]1(OC(C)=O)[C@@H](COC(C)=O)O[C@@H](n2c(=O)sc3c(=O)[nH]c(N)nc32)[C@@H]1OC(C)=O.CC(=O)OOC(OC(C)=O)[C@H]1O[C@@H](n2c(=O)sc3c(=O)[nH]c(N)nc32)[C@H](OC(C)=O)[C@H]1OC(C)=O.C[C@@H]1[C@@H](O)[C@@H](C(O)CO)O[C@H]1n1c(=O)sc2c(=O)[nH]c(N)nc21. The van der Waals surface area contributed by atoms with E-state index in [-0.39, 0.29) is 62.1 Å². The Morgan fingerprint density at radius 3 is 1.48 bits per heavy atom. The summed E-state index contributed by atoms with van der Waals surface area (Å²) in [5.41, 5.74) is 12.7. The average Bonchev–Trinajstić information content (AvgIpc) is 1.59. The molecule has 3 aliphatic rings. The number of hydrogen-bond acceptors (Lipinski definition) is 37. The van der Waals surface area contributed by atoms with Crippen LogP contribution < -0.4 is 48.5 Å². The zero-order chi connectivity index (χ0) is 69.0. The molecule has 9 rings (SSSR count). The van der Waals surface area contributed by atoms with E-state index in [9.17, 15) is 72.5 Å². The maximum atomic E-state index is 13.0. The number of ether oxygens (including phenoxy) is 10. The van der Waals surface area contributed by atoms with E-state index in [0.29, 0.717) is 34.0 Å². The molecule has 43 heteroatoms. The molecule has 0 aromatic carbocycles. The zero-order valence-corrected chi connectivity index (χ0v) is 52.5. The molecule has 2 unspecified atom stereocenters. The molecule has 9 heterocycles. The summed E-state index contributed by atoms with van der Waals surface area (Å²) < 4.78 is 57.6. The van der Waals surface area contributed by atoms with Gasteiger partial charge in [-0.15, -0.1) is 4.89 Å². The summed E-state index contributed by atoms with van der Waals surface area (Å²) in [4.78, 5) is 183. The van der Waals surface area contributed by atoms with Gasteiger partial charge in [-0.25, -0.2) is 4.79 Å². The van der Waals surface area contributed by atoms with Crippen molar-refractivity contribution in [2.75, 3.05) is 37.0 Å². The van der Waals surface area contributed by atoms with Crippen molar-refractivity contribution < 1.29 is 106 Å². The van der Waals surface area contributed by atoms with Crippen molar-refractivity contribution in [3.8, 4) is 0 Å². The summed E-state index contributed by atoms with van der Waals surface area (Å²) in [6.07, 6.45) is -16.7. The lowest BCUT2D eigenvalue weighted by molar-refractivity contribution is -0.366. The van der Waals surface area contributed by atoms with Crippen LogP contribution in [0.3, 0.4) is 0 Å². The summed E-state index contributed by atoms with van der Waals surface area (Å²) in [7, 11) is 0. The van der Waals surface area contributed by atoms with Crippen LogP contribution in [0.5, 0.6) is 0 Å². The first-order chi connectivity index (χ1) is 43.6. The molecule has 0 bridgehead atoms. The van der Waals surface area contributed by atoms with Gasteiger partial charge in [-0.05, 0) is 6.92 Å². The number of H-pyrrole nitrogens is 3. The average molecular weight is 1390 g/mol. The first-order valence-corrected chi connectivity index (χ1v) is 29.3. The lowest BCUT2D eigenvalue weighted by Gasteiger charge is -2.36. The number of rotatable bonds is 18. The molecule has 40 nitrogen and oxygen atoms in total. The molecule has 0 radical (unpaired) electrons. The lowest BCUT2D eigenvalue weighted by atomic mass is 9.92. The van der Waals surface area contributed by atoms with Crippen LogP contribution in [0, 0.1) is 5.92 Å². The van der Waals surface area contributed by atoms with Crippen molar-refractivity contribution in [1.82, 2.24) is 43.6 Å². The minimum absolute atomic E-state index is 0. The van der Waals surface area contributed by atoms with Gasteiger partial charge in [0.1, 0.15) is 51.9 Å². The number of esters is 6. The summed E-state index contributed by atoms with van der Waals surface area (Å²) in [6, 6.07) is 0. The molecule has 3 saturated heterocycles. The number of nitrogens with one attached hydrogen (secondary N) is 3. The molecule has 14 atom stereocenters. The van der Waals surface area contributed by atoms with Gasteiger partial charge in [-0.2, -0.15) is 15.0 Å². The van der Waals surface area contributed by atoms with Crippen LogP contribution >= 0.6 is 34.0 Å². The molecule has 6 aromatic heterocycles. The summed E-state index contributed by atoms with van der Waals surface area (Å²) in [5.74, 6) is -6.90. The van der Waals surface area contributed by atoms with Gasteiger partial charge < -0.3 is 79.9 Å². The summed E-state index contributed by atoms with van der Waals surface area (Å²) in [5, 5.41) is 28.9. The van der Waals surface area contributed by atoms with Gasteiger partial charge >= 0.3 is 56.4 Å². The highest BCUT2D eigenvalue weighted by Crippen LogP contribution is 2.44. The fourth-order valence-electron chi connectivity index (χ4n) is 9.73. The largest absolute Gasteiger partial charge is 0.494 e. The molecule has 0 spiro atoms. The Morgan fingerprint density at radius 1 is 0.617 bits per heavy atom. The van der Waals surface area contributed by atoms with Gasteiger partial charge in [0.25, 0.3) is 23.0 Å². The number of carbonyl (C=O) groups is 7. The predicted molar refractivity (Wildman–Crippen MR) is 320 cm³/mol. The first kappa shape index (κ1) is 73.7. The molecular formula is C51H64N12O28S3. The zero-order valence-electron chi connectivity index (χ0n) is 50.0. The van der Waals surface area contributed by atoms with Crippen molar-refractivity contribution in [1.29, 1.82) is 0 Å². The van der Waals surface area contributed by atoms with Crippen LogP contribution in [0.2, 0.25) is 0 Å². The number of aliphatic hydroxyl groups excluding tert-OH is 3. The molecule has 0 aliphatic carbocycles. The van der Waals surface area contributed by atoms with Gasteiger partial charge in [0.15, 0.2) is 53.8 Å². The second-order valence-corrected chi connectivity index (χ2v) is 23.2. The monoisotopic (exact) mass is 1390 g/mol. The standard InChI is InChI=1S/C20H24N4O10S.C18H20N4O12S.C12H16N4O6S.CH4/c1-8(2)31-7-20(34-11(5)27)12(6-30-9(3)25)33-17(14(20)32-10(4)26)24-15-13(35-19(24)29)16(28)23-18(21)22-15;1-5(23)29-9-10(30-6(2)24)15(32-11(9)16(31-7(3)25)34-33-8(4)26)22-13-12(35-18(22)28)14(27)21-17(19)20-13;1-3-5(19)6(4(18)2-17)22-10(3)16-8-7(23-12(16)21)9(20)15-11(13)14-8;/h12,14,17H,1,6-7H2,2-5H3,(H3,21,22,23,28);9-11,15-16H,1-4H3,(H3,19,20,21,27);3-6,10,17-19H,2H2,1H3,(H3,13,14,15,20);1H4/t12-,14+,17-,20+;9-,10-,11+,15-,16?;3-,4?,5-,6-,10-;/m111./s1. The van der Waals surface area contributed by atoms with Crippen molar-refractivity contribution in [2.24, 2.45) is 5.92 Å². The van der Waals surface area contributed by atoms with Crippen molar-refractivity contribution in [3.63, 3.8) is 0 Å². The van der Waals surface area contributed by atoms with Crippen LogP contribution in [0.15, 0.2) is 41.1 Å².